The Morgan fingerprint density at radius 2 is 1.47 bits per heavy atom. The summed E-state index contributed by atoms with van der Waals surface area (Å²) >= 11 is 3.42. The number of amides is 2. The van der Waals surface area contributed by atoms with Crippen molar-refractivity contribution in [1.82, 2.24) is 0 Å². The average molecular weight is 516 g/mol. The summed E-state index contributed by atoms with van der Waals surface area (Å²) in [4.78, 5) is 56.3. The molecule has 3 aromatic rings. The second-order valence-corrected chi connectivity index (χ2v) is 9.71. The lowest BCUT2D eigenvalue weighted by Gasteiger charge is -2.27. The lowest BCUT2D eigenvalue weighted by molar-refractivity contribution is -0.127. The number of anilines is 1. The van der Waals surface area contributed by atoms with Crippen LogP contribution >= 0.6 is 15.9 Å². The van der Waals surface area contributed by atoms with Gasteiger partial charge in [-0.1, -0.05) is 66.2 Å². The Morgan fingerprint density at radius 3 is 2.12 bits per heavy atom. The minimum atomic E-state index is -2.06. The Morgan fingerprint density at radius 1 is 0.824 bits per heavy atom. The van der Waals surface area contributed by atoms with Gasteiger partial charge >= 0.3 is 0 Å². The smallest absolute Gasteiger partial charge is 0.241 e. The number of ketones is 2. The minimum absolute atomic E-state index is 0.218. The van der Waals surface area contributed by atoms with Crippen LogP contribution in [-0.2, 0) is 14.3 Å². The Bertz CT molecular complexity index is 1390. The van der Waals surface area contributed by atoms with E-state index in [0.717, 1.165) is 10.5 Å². The van der Waals surface area contributed by atoms with Gasteiger partial charge in [-0.05, 0) is 40.5 Å². The van der Waals surface area contributed by atoms with Crippen LogP contribution in [0.4, 0.5) is 5.69 Å². The summed E-state index contributed by atoms with van der Waals surface area (Å²) in [5, 5.41) is 0. The lowest BCUT2D eigenvalue weighted by atomic mass is 9.77. The first-order valence-electron chi connectivity index (χ1n) is 10.9. The van der Waals surface area contributed by atoms with Gasteiger partial charge in [-0.15, -0.1) is 0 Å². The van der Waals surface area contributed by atoms with Crippen LogP contribution in [0, 0.1) is 18.8 Å². The van der Waals surface area contributed by atoms with E-state index in [1.165, 1.54) is 0 Å². The van der Waals surface area contributed by atoms with E-state index < -0.39 is 46.9 Å². The van der Waals surface area contributed by atoms with Gasteiger partial charge in [0, 0.05) is 15.6 Å². The largest absolute Gasteiger partial charge is 0.349 e. The van der Waals surface area contributed by atoms with Crippen LogP contribution in [0.5, 0.6) is 0 Å². The highest BCUT2D eigenvalue weighted by Crippen LogP contribution is 2.58. The second kappa shape index (κ2) is 7.29. The normalized spacial score (nSPS) is 24.8. The molecule has 3 atom stereocenters. The monoisotopic (exact) mass is 515 g/mol. The van der Waals surface area contributed by atoms with E-state index in [1.807, 2.05) is 25.1 Å². The third-order valence-corrected chi connectivity index (χ3v) is 7.65. The third-order valence-electron chi connectivity index (χ3n) is 6.98. The molecule has 0 aromatic heterocycles. The number of carbonyl (C=O) groups is 4. The van der Waals surface area contributed by atoms with Crippen molar-refractivity contribution in [1.29, 1.82) is 0 Å². The summed E-state index contributed by atoms with van der Waals surface area (Å²) in [6.45, 7) is 1.91. The first kappa shape index (κ1) is 21.1. The van der Waals surface area contributed by atoms with E-state index in [2.05, 4.69) is 15.9 Å². The molecular formula is C27H18BrNO5. The summed E-state index contributed by atoms with van der Waals surface area (Å²) < 4.78 is 6.86. The van der Waals surface area contributed by atoms with Crippen LogP contribution in [0.2, 0.25) is 0 Å². The Balaban J connectivity index is 1.57. The fourth-order valence-corrected chi connectivity index (χ4v) is 6.00. The number of rotatable bonds is 2. The quantitative estimate of drug-likeness (QED) is 0.372. The van der Waals surface area contributed by atoms with Gasteiger partial charge < -0.3 is 4.74 Å². The van der Waals surface area contributed by atoms with Crippen LogP contribution < -0.4 is 4.90 Å². The number of carbonyl (C=O) groups excluding carboxylic acids is 4. The first-order chi connectivity index (χ1) is 16.4. The standard InChI is InChI=1S/C27H18BrNO5/c1-14-7-6-8-15(13-14)22-20-21(26(33)29(25(20)32)19-12-5-4-11-18(19)28)27(34-22)23(30)16-9-2-3-10-17(16)24(27)31/h2-13,20-22H,1H3. The maximum atomic E-state index is 13.9. The van der Waals surface area contributed by atoms with Crippen molar-refractivity contribution in [3.05, 3.63) is 99.5 Å². The summed E-state index contributed by atoms with van der Waals surface area (Å²) in [7, 11) is 0. The van der Waals surface area contributed by atoms with Gasteiger partial charge in [-0.2, -0.15) is 0 Å². The number of fused-ring (bicyclic) bond motifs is 3. The highest BCUT2D eigenvalue weighted by molar-refractivity contribution is 9.10. The van der Waals surface area contributed by atoms with Crippen molar-refractivity contribution in [3.63, 3.8) is 0 Å². The molecule has 0 N–H and O–H groups in total. The van der Waals surface area contributed by atoms with Gasteiger partial charge in [0.25, 0.3) is 0 Å². The highest BCUT2D eigenvalue weighted by Gasteiger charge is 2.74. The van der Waals surface area contributed by atoms with E-state index in [0.29, 0.717) is 15.7 Å². The summed E-state index contributed by atoms with van der Waals surface area (Å²) in [5.74, 6) is -4.48. The fraction of sp³-hybridized carbons (Fsp3) is 0.185. The SMILES string of the molecule is Cc1cccc(C2OC3(C(=O)c4ccccc4C3=O)C3C(=O)N(c4ccccc4Br)C(=O)C23)c1. The molecule has 2 heterocycles. The van der Waals surface area contributed by atoms with E-state index in [-0.39, 0.29) is 11.1 Å². The molecule has 2 amide bonds. The van der Waals surface area contributed by atoms with Crippen molar-refractivity contribution in [2.45, 2.75) is 18.6 Å². The number of nitrogens with zero attached hydrogens (tertiary/aromatic N) is 1. The molecule has 2 aliphatic heterocycles. The number of halogens is 1. The van der Waals surface area contributed by atoms with Gasteiger partial charge in [0.1, 0.15) is 0 Å². The molecule has 3 unspecified atom stereocenters. The maximum Gasteiger partial charge on any atom is 0.241 e. The zero-order valence-corrected chi connectivity index (χ0v) is 19.6. The number of ether oxygens (including phenoxy) is 1. The van der Waals surface area contributed by atoms with Crippen LogP contribution in [0.3, 0.4) is 0 Å². The fourth-order valence-electron chi connectivity index (χ4n) is 5.54. The van der Waals surface area contributed by atoms with Gasteiger partial charge in [-0.3, -0.25) is 19.2 Å². The zero-order valence-electron chi connectivity index (χ0n) is 18.0. The summed E-state index contributed by atoms with van der Waals surface area (Å²) in [5.41, 5.74) is 0.335. The van der Waals surface area contributed by atoms with Gasteiger partial charge in [0.2, 0.25) is 29.0 Å². The molecule has 2 saturated heterocycles. The molecule has 6 nitrogen and oxygen atoms in total. The minimum Gasteiger partial charge on any atom is -0.349 e. The summed E-state index contributed by atoms with van der Waals surface area (Å²) in [6, 6.07) is 20.7. The number of para-hydroxylation sites is 1. The van der Waals surface area contributed by atoms with E-state index in [9.17, 15) is 19.2 Å². The molecule has 1 spiro atoms. The van der Waals surface area contributed by atoms with Gasteiger partial charge in [-0.25, -0.2) is 4.90 Å². The topological polar surface area (TPSA) is 80.8 Å². The van der Waals surface area contributed by atoms with Crippen molar-refractivity contribution in [2.24, 2.45) is 11.8 Å². The number of benzene rings is 3. The molecule has 1 aliphatic carbocycles. The van der Waals surface area contributed by atoms with Crippen molar-refractivity contribution in [2.75, 3.05) is 4.90 Å². The van der Waals surface area contributed by atoms with E-state index >= 15 is 0 Å². The molecule has 0 saturated carbocycles. The number of imide groups is 1. The number of Topliss-reactive ketones (excluding diaryl/α,β-unsaturated/α-hetero) is 2. The Kier molecular flexibility index (Phi) is 4.53. The van der Waals surface area contributed by atoms with Crippen molar-refractivity contribution in [3.8, 4) is 0 Å². The summed E-state index contributed by atoms with van der Waals surface area (Å²) in [6.07, 6.45) is -0.920. The molecule has 7 heteroatoms. The zero-order chi connectivity index (χ0) is 23.8. The van der Waals surface area contributed by atoms with Gasteiger partial charge in [0.15, 0.2) is 0 Å². The van der Waals surface area contributed by atoms with Crippen LogP contribution in [0.25, 0.3) is 0 Å². The first-order valence-corrected chi connectivity index (χ1v) is 11.7. The highest BCUT2D eigenvalue weighted by atomic mass is 79.9. The molecule has 34 heavy (non-hydrogen) atoms. The number of hydrogen-bond donors (Lipinski definition) is 0. The average Bonchev–Trinajstić information content (AvgIpc) is 3.40. The molecule has 168 valence electrons. The predicted molar refractivity (Wildman–Crippen MR) is 126 cm³/mol. The van der Waals surface area contributed by atoms with Gasteiger partial charge in [0.05, 0.1) is 23.6 Å². The second-order valence-electron chi connectivity index (χ2n) is 8.86. The van der Waals surface area contributed by atoms with Crippen molar-refractivity contribution < 1.29 is 23.9 Å². The van der Waals surface area contributed by atoms with E-state index in [1.54, 1.807) is 54.6 Å². The molecule has 3 aromatic carbocycles. The van der Waals surface area contributed by atoms with Crippen LogP contribution in [-0.4, -0.2) is 29.0 Å². The maximum absolute atomic E-state index is 13.9. The molecular weight excluding hydrogens is 498 g/mol. The van der Waals surface area contributed by atoms with Crippen LogP contribution in [0.1, 0.15) is 37.9 Å². The van der Waals surface area contributed by atoms with Crippen LogP contribution in [0.15, 0.2) is 77.3 Å². The number of aryl methyl sites for hydroxylation is 1. The third kappa shape index (κ3) is 2.59. The van der Waals surface area contributed by atoms with Crippen molar-refractivity contribution >= 4 is 45.0 Å². The number of hydrogen-bond acceptors (Lipinski definition) is 5. The lowest BCUT2D eigenvalue weighted by Crippen LogP contribution is -2.51. The predicted octanol–water partition coefficient (Wildman–Crippen LogP) is 4.45. The van der Waals surface area contributed by atoms with E-state index in [4.69, 9.17) is 4.74 Å². The Hall–Kier alpha value is -3.42. The molecule has 3 aliphatic rings. The molecule has 2 fully saturated rings. The molecule has 6 rings (SSSR count). The Labute approximate surface area is 203 Å². The molecule has 0 bridgehead atoms. The molecule has 0 radical (unpaired) electrons.